The molecule has 2 aromatic carbocycles. The molecule has 3 rings (SSSR count). The Hall–Kier alpha value is -2.18. The lowest BCUT2D eigenvalue weighted by Crippen LogP contribution is -2.58. The molecule has 0 unspecified atom stereocenters. The number of rotatable bonds is 4. The van der Waals surface area contributed by atoms with Crippen LogP contribution in [0.2, 0.25) is 0 Å². The number of ether oxygens (including phenoxy) is 1. The van der Waals surface area contributed by atoms with Gasteiger partial charge in [0.05, 0.1) is 12.7 Å². The minimum absolute atomic E-state index is 0.0783. The van der Waals surface area contributed by atoms with E-state index in [1.807, 2.05) is 41.3 Å². The number of benzene rings is 2. The van der Waals surface area contributed by atoms with Gasteiger partial charge in [0, 0.05) is 41.8 Å². The molecule has 0 spiro atoms. The molecule has 1 aliphatic rings. The molecule has 1 heterocycles. The van der Waals surface area contributed by atoms with Crippen LogP contribution >= 0.6 is 15.9 Å². The zero-order valence-electron chi connectivity index (χ0n) is 16.4. The fraction of sp³-hybridized carbons (Fsp3) is 0.364. The lowest BCUT2D eigenvalue weighted by molar-refractivity contribution is 0.0268. The second-order valence-electron chi connectivity index (χ2n) is 7.30. The van der Waals surface area contributed by atoms with Crippen LogP contribution in [0.5, 0.6) is 0 Å². The first-order valence-electron chi connectivity index (χ1n) is 9.37. The molecular weight excluding hydrogens is 420 g/mol. The van der Waals surface area contributed by atoms with Crippen LogP contribution in [-0.4, -0.2) is 54.0 Å². The number of hydrogen-bond donors (Lipinski definition) is 0. The molecule has 0 aromatic heterocycles. The normalized spacial score (nSPS) is 20.1. The number of nitrogens with zero attached hydrogens (tertiary/aromatic N) is 2. The quantitative estimate of drug-likeness (QED) is 0.669. The van der Waals surface area contributed by atoms with Gasteiger partial charge >= 0.3 is 5.97 Å². The highest BCUT2D eigenvalue weighted by molar-refractivity contribution is 9.10. The molecule has 28 heavy (non-hydrogen) atoms. The maximum absolute atomic E-state index is 13.0. The van der Waals surface area contributed by atoms with E-state index >= 15 is 0 Å². The Bertz CT molecular complexity index is 824. The first-order valence-corrected chi connectivity index (χ1v) is 10.2. The third-order valence-electron chi connectivity index (χ3n) is 5.10. The van der Waals surface area contributed by atoms with Crippen LogP contribution in [0, 0.1) is 0 Å². The first-order chi connectivity index (χ1) is 13.4. The SMILES string of the molecule is COC(=O)c1ccc(CN2C[C@@H](C)N(C(=O)c3ccc(Br)cc3)[C@@H](C)C2)cc1. The van der Waals surface area contributed by atoms with Gasteiger partial charge in [-0.15, -0.1) is 0 Å². The molecule has 0 saturated carbocycles. The molecule has 1 saturated heterocycles. The Morgan fingerprint density at radius 3 is 2.04 bits per heavy atom. The second-order valence-corrected chi connectivity index (χ2v) is 8.22. The van der Waals surface area contributed by atoms with Gasteiger partial charge in [0.15, 0.2) is 0 Å². The molecule has 148 valence electrons. The van der Waals surface area contributed by atoms with Crippen LogP contribution in [0.1, 0.15) is 40.1 Å². The van der Waals surface area contributed by atoms with E-state index in [2.05, 4.69) is 34.7 Å². The smallest absolute Gasteiger partial charge is 0.337 e. The minimum atomic E-state index is -0.325. The molecule has 1 amide bonds. The van der Waals surface area contributed by atoms with Crippen molar-refractivity contribution >= 4 is 27.8 Å². The summed E-state index contributed by atoms with van der Waals surface area (Å²) in [5.74, 6) is -0.247. The molecule has 1 aliphatic heterocycles. The largest absolute Gasteiger partial charge is 0.465 e. The van der Waals surface area contributed by atoms with E-state index in [9.17, 15) is 9.59 Å². The summed E-state index contributed by atoms with van der Waals surface area (Å²) in [5, 5.41) is 0. The number of piperazine rings is 1. The molecule has 2 atom stereocenters. The van der Waals surface area contributed by atoms with Gasteiger partial charge in [-0.2, -0.15) is 0 Å². The van der Waals surface area contributed by atoms with Gasteiger partial charge in [-0.1, -0.05) is 28.1 Å². The van der Waals surface area contributed by atoms with Crippen molar-refractivity contribution in [3.05, 3.63) is 69.7 Å². The lowest BCUT2D eigenvalue weighted by atomic mass is 10.0. The maximum atomic E-state index is 13.0. The molecule has 0 N–H and O–H groups in total. The van der Waals surface area contributed by atoms with Gasteiger partial charge in [0.2, 0.25) is 0 Å². The van der Waals surface area contributed by atoms with Crippen molar-refractivity contribution in [2.24, 2.45) is 0 Å². The summed E-state index contributed by atoms with van der Waals surface area (Å²) in [5.41, 5.74) is 2.41. The lowest BCUT2D eigenvalue weighted by Gasteiger charge is -2.44. The van der Waals surface area contributed by atoms with Crippen molar-refractivity contribution in [1.82, 2.24) is 9.80 Å². The Kier molecular flexibility index (Phi) is 6.52. The van der Waals surface area contributed by atoms with Gasteiger partial charge in [-0.25, -0.2) is 4.79 Å². The van der Waals surface area contributed by atoms with Gasteiger partial charge in [-0.05, 0) is 55.8 Å². The number of carbonyl (C=O) groups excluding carboxylic acids is 2. The number of carbonyl (C=O) groups is 2. The third-order valence-corrected chi connectivity index (χ3v) is 5.63. The van der Waals surface area contributed by atoms with Crippen molar-refractivity contribution in [3.63, 3.8) is 0 Å². The van der Waals surface area contributed by atoms with Crippen LogP contribution in [0.25, 0.3) is 0 Å². The zero-order chi connectivity index (χ0) is 20.3. The summed E-state index contributed by atoms with van der Waals surface area (Å²) in [6, 6.07) is 15.3. The van der Waals surface area contributed by atoms with Crippen molar-refractivity contribution in [1.29, 1.82) is 0 Å². The van der Waals surface area contributed by atoms with E-state index in [0.717, 1.165) is 29.7 Å². The van der Waals surface area contributed by atoms with Crippen LogP contribution in [-0.2, 0) is 11.3 Å². The highest BCUT2D eigenvalue weighted by Crippen LogP contribution is 2.22. The van der Waals surface area contributed by atoms with Gasteiger partial charge < -0.3 is 9.64 Å². The molecular formula is C22H25BrN2O3. The molecule has 0 aliphatic carbocycles. The van der Waals surface area contributed by atoms with E-state index in [1.54, 1.807) is 12.1 Å². The van der Waals surface area contributed by atoms with Crippen molar-refractivity contribution in [2.75, 3.05) is 20.2 Å². The van der Waals surface area contributed by atoms with Crippen molar-refractivity contribution in [3.8, 4) is 0 Å². The average Bonchev–Trinajstić information content (AvgIpc) is 2.68. The third kappa shape index (κ3) is 4.62. The Labute approximate surface area is 174 Å². The molecule has 5 nitrogen and oxygen atoms in total. The molecule has 6 heteroatoms. The molecule has 1 fully saturated rings. The maximum Gasteiger partial charge on any atom is 0.337 e. The van der Waals surface area contributed by atoms with E-state index in [-0.39, 0.29) is 24.0 Å². The summed E-state index contributed by atoms with van der Waals surface area (Å²) < 4.78 is 5.71. The number of methoxy groups -OCH3 is 1. The van der Waals surface area contributed by atoms with E-state index in [4.69, 9.17) is 4.74 Å². The second kappa shape index (κ2) is 8.88. The van der Waals surface area contributed by atoms with E-state index < -0.39 is 0 Å². The van der Waals surface area contributed by atoms with E-state index in [1.165, 1.54) is 7.11 Å². The number of halogens is 1. The number of amides is 1. The predicted molar refractivity (Wildman–Crippen MR) is 112 cm³/mol. The molecule has 2 aromatic rings. The number of esters is 1. The Balaban J connectivity index is 1.65. The monoisotopic (exact) mass is 444 g/mol. The minimum Gasteiger partial charge on any atom is -0.465 e. The summed E-state index contributed by atoms with van der Waals surface area (Å²) in [6.07, 6.45) is 0. The standard InChI is InChI=1S/C22H25BrN2O3/c1-15-12-24(14-17-4-6-19(7-5-17)22(27)28-3)13-16(2)25(15)21(26)18-8-10-20(23)11-9-18/h4-11,15-16H,12-14H2,1-3H3/t15-,16+. The zero-order valence-corrected chi connectivity index (χ0v) is 18.0. The summed E-state index contributed by atoms with van der Waals surface area (Å²) in [6.45, 7) is 6.60. The molecule has 0 bridgehead atoms. The van der Waals surface area contributed by atoms with Gasteiger partial charge in [0.1, 0.15) is 0 Å². The fourth-order valence-electron chi connectivity index (χ4n) is 3.83. The topological polar surface area (TPSA) is 49.9 Å². The Morgan fingerprint density at radius 1 is 0.964 bits per heavy atom. The Morgan fingerprint density at radius 2 is 1.50 bits per heavy atom. The van der Waals surface area contributed by atoms with Crippen LogP contribution < -0.4 is 0 Å². The van der Waals surface area contributed by atoms with Crippen LogP contribution in [0.4, 0.5) is 0 Å². The van der Waals surface area contributed by atoms with E-state index in [0.29, 0.717) is 11.1 Å². The summed E-state index contributed by atoms with van der Waals surface area (Å²) in [4.78, 5) is 28.9. The predicted octanol–water partition coefficient (Wildman–Crippen LogP) is 3.97. The van der Waals surface area contributed by atoms with Gasteiger partial charge in [-0.3, -0.25) is 9.69 Å². The molecule has 0 radical (unpaired) electrons. The van der Waals surface area contributed by atoms with Gasteiger partial charge in [0.25, 0.3) is 5.91 Å². The highest BCUT2D eigenvalue weighted by Gasteiger charge is 2.33. The average molecular weight is 445 g/mol. The fourth-order valence-corrected chi connectivity index (χ4v) is 4.09. The van der Waals surface area contributed by atoms with Crippen molar-refractivity contribution in [2.45, 2.75) is 32.5 Å². The summed E-state index contributed by atoms with van der Waals surface area (Å²) >= 11 is 3.41. The number of hydrogen-bond acceptors (Lipinski definition) is 4. The van der Waals surface area contributed by atoms with Crippen molar-refractivity contribution < 1.29 is 14.3 Å². The van der Waals surface area contributed by atoms with Crippen LogP contribution in [0.3, 0.4) is 0 Å². The highest BCUT2D eigenvalue weighted by atomic mass is 79.9. The summed E-state index contributed by atoms with van der Waals surface area (Å²) in [7, 11) is 1.38. The van der Waals surface area contributed by atoms with Crippen LogP contribution in [0.15, 0.2) is 53.0 Å². The first kappa shape index (κ1) is 20.6.